The van der Waals surface area contributed by atoms with E-state index in [0.717, 1.165) is 116 Å². The van der Waals surface area contributed by atoms with Crippen LogP contribution in [0.15, 0.2) is 85.1 Å². The molecular weight excluding hydrogens is 937 g/mol. The van der Waals surface area contributed by atoms with Gasteiger partial charge in [0.15, 0.2) is 6.10 Å². The van der Waals surface area contributed by atoms with Crippen LogP contribution in [0.4, 0.5) is 0 Å². The van der Waals surface area contributed by atoms with Gasteiger partial charge >= 0.3 is 17.9 Å². The molecule has 0 aromatic rings. The minimum atomic E-state index is -0.787. The largest absolute Gasteiger partial charge is 0.462 e. The van der Waals surface area contributed by atoms with E-state index in [-0.39, 0.29) is 31.1 Å². The highest BCUT2D eigenvalue weighted by Crippen LogP contribution is 2.16. The second-order valence-corrected chi connectivity index (χ2v) is 21.6. The maximum atomic E-state index is 12.9. The van der Waals surface area contributed by atoms with Crippen LogP contribution in [0.2, 0.25) is 0 Å². The Hall–Kier alpha value is -3.41. The third-order valence-electron chi connectivity index (χ3n) is 14.1. The Balaban J connectivity index is 4.29. The highest BCUT2D eigenvalue weighted by atomic mass is 16.6. The van der Waals surface area contributed by atoms with Gasteiger partial charge in [-0.25, -0.2) is 0 Å². The molecule has 0 rings (SSSR count). The molecule has 0 bridgehead atoms. The van der Waals surface area contributed by atoms with Gasteiger partial charge in [-0.3, -0.25) is 14.4 Å². The van der Waals surface area contributed by atoms with E-state index < -0.39 is 6.10 Å². The molecule has 6 nitrogen and oxygen atoms in total. The molecule has 0 aromatic carbocycles. The fourth-order valence-corrected chi connectivity index (χ4v) is 9.23. The fourth-order valence-electron chi connectivity index (χ4n) is 9.23. The van der Waals surface area contributed by atoms with Crippen molar-refractivity contribution in [3.63, 3.8) is 0 Å². The van der Waals surface area contributed by atoms with Crippen molar-refractivity contribution in [3.8, 4) is 0 Å². The van der Waals surface area contributed by atoms with Gasteiger partial charge in [-0.2, -0.15) is 0 Å². The summed E-state index contributed by atoms with van der Waals surface area (Å²) in [5, 5.41) is 0. The Labute approximate surface area is 471 Å². The first-order valence-electron chi connectivity index (χ1n) is 32.6. The molecule has 0 aliphatic heterocycles. The van der Waals surface area contributed by atoms with Gasteiger partial charge in [0.1, 0.15) is 13.2 Å². The van der Waals surface area contributed by atoms with Gasteiger partial charge in [0.25, 0.3) is 0 Å². The first-order chi connectivity index (χ1) is 37.5. The van der Waals surface area contributed by atoms with Gasteiger partial charge in [0.05, 0.1) is 0 Å². The van der Waals surface area contributed by atoms with Gasteiger partial charge in [0.2, 0.25) is 0 Å². The lowest BCUT2D eigenvalue weighted by atomic mass is 10.0. The van der Waals surface area contributed by atoms with Crippen LogP contribution in [0.5, 0.6) is 0 Å². The van der Waals surface area contributed by atoms with E-state index in [4.69, 9.17) is 14.2 Å². The zero-order valence-corrected chi connectivity index (χ0v) is 50.3. The summed E-state index contributed by atoms with van der Waals surface area (Å²) in [6.45, 7) is 6.51. The second kappa shape index (κ2) is 64.1. The molecule has 0 amide bonds. The van der Waals surface area contributed by atoms with E-state index in [2.05, 4.69) is 106 Å². The Morgan fingerprint density at radius 1 is 0.276 bits per heavy atom. The lowest BCUT2D eigenvalue weighted by molar-refractivity contribution is -0.167. The van der Waals surface area contributed by atoms with E-state index in [0.29, 0.717) is 19.3 Å². The number of allylic oxidation sites excluding steroid dienone is 14. The average molecular weight is 1060 g/mol. The molecule has 0 heterocycles. The van der Waals surface area contributed by atoms with Crippen molar-refractivity contribution in [1.29, 1.82) is 0 Å². The number of carbonyl (C=O) groups is 3. The van der Waals surface area contributed by atoms with Crippen molar-refractivity contribution in [1.82, 2.24) is 0 Å². The molecule has 0 saturated carbocycles. The lowest BCUT2D eigenvalue weighted by Gasteiger charge is -2.18. The third-order valence-corrected chi connectivity index (χ3v) is 14.1. The number of unbranched alkanes of at least 4 members (excludes halogenated alkanes) is 34. The van der Waals surface area contributed by atoms with E-state index in [1.165, 1.54) is 167 Å². The summed E-state index contributed by atoms with van der Waals surface area (Å²) in [6.07, 6.45) is 84.5. The normalized spacial score (nSPS) is 12.6. The minimum Gasteiger partial charge on any atom is -0.462 e. The Morgan fingerprint density at radius 3 is 0.842 bits per heavy atom. The highest BCUT2D eigenvalue weighted by molar-refractivity contribution is 5.71. The van der Waals surface area contributed by atoms with Crippen LogP contribution in [0.25, 0.3) is 0 Å². The van der Waals surface area contributed by atoms with Crippen molar-refractivity contribution >= 4 is 17.9 Å². The van der Waals surface area contributed by atoms with Crippen LogP contribution in [-0.4, -0.2) is 37.2 Å². The quantitative estimate of drug-likeness (QED) is 0.0261. The molecule has 76 heavy (non-hydrogen) atoms. The molecule has 0 aliphatic carbocycles. The van der Waals surface area contributed by atoms with E-state index >= 15 is 0 Å². The molecule has 0 fully saturated rings. The molecule has 0 aliphatic rings. The van der Waals surface area contributed by atoms with Crippen LogP contribution in [0.1, 0.15) is 323 Å². The summed E-state index contributed by atoms with van der Waals surface area (Å²) >= 11 is 0. The molecular formula is C70H122O6. The highest BCUT2D eigenvalue weighted by Gasteiger charge is 2.19. The zero-order valence-electron chi connectivity index (χ0n) is 50.3. The summed E-state index contributed by atoms with van der Waals surface area (Å²) in [4.78, 5) is 38.3. The summed E-state index contributed by atoms with van der Waals surface area (Å²) in [7, 11) is 0. The number of hydrogen-bond donors (Lipinski definition) is 0. The smallest absolute Gasteiger partial charge is 0.306 e. The molecule has 0 radical (unpaired) electrons. The molecule has 6 heteroatoms. The molecule has 0 aromatic heterocycles. The van der Waals surface area contributed by atoms with Crippen LogP contribution in [0, 0.1) is 0 Å². The Bertz CT molecular complexity index is 1450. The number of carbonyl (C=O) groups excluding carboxylic acids is 3. The first-order valence-corrected chi connectivity index (χ1v) is 32.6. The maximum absolute atomic E-state index is 12.9. The lowest BCUT2D eigenvalue weighted by Crippen LogP contribution is -2.30. The zero-order chi connectivity index (χ0) is 55.0. The Kier molecular flexibility index (Phi) is 61.2. The van der Waals surface area contributed by atoms with Crippen LogP contribution in [0.3, 0.4) is 0 Å². The predicted molar refractivity (Wildman–Crippen MR) is 330 cm³/mol. The Morgan fingerprint density at radius 2 is 0.513 bits per heavy atom. The molecule has 0 saturated heterocycles. The van der Waals surface area contributed by atoms with E-state index in [9.17, 15) is 14.4 Å². The molecule has 1 unspecified atom stereocenters. The summed E-state index contributed by atoms with van der Waals surface area (Å²) in [5.74, 6) is -0.893. The third kappa shape index (κ3) is 61.4. The van der Waals surface area contributed by atoms with E-state index in [1.54, 1.807) is 0 Å². The second-order valence-electron chi connectivity index (χ2n) is 21.6. The monoisotopic (exact) mass is 1060 g/mol. The molecule has 0 spiro atoms. The maximum Gasteiger partial charge on any atom is 0.306 e. The van der Waals surface area contributed by atoms with Gasteiger partial charge in [-0.15, -0.1) is 0 Å². The SMILES string of the molecule is CC/C=C\C/C=C\C/C=C\C/C=C\CCCCCCCCCCCCCCCCC(=O)OCC(COC(=O)CCCCCCC/C=C\C/C=C\CCCCC)OC(=O)CCCCCCC/C=C\CCCCCCCCC. The van der Waals surface area contributed by atoms with Crippen molar-refractivity contribution in [2.75, 3.05) is 13.2 Å². The van der Waals surface area contributed by atoms with Gasteiger partial charge in [-0.05, 0) is 116 Å². The number of hydrogen-bond acceptors (Lipinski definition) is 6. The number of esters is 3. The molecule has 438 valence electrons. The van der Waals surface area contributed by atoms with E-state index in [1.807, 2.05) is 0 Å². The topological polar surface area (TPSA) is 78.9 Å². The number of ether oxygens (including phenoxy) is 3. The fraction of sp³-hybridized carbons (Fsp3) is 0.757. The van der Waals surface area contributed by atoms with Crippen molar-refractivity contribution in [2.24, 2.45) is 0 Å². The van der Waals surface area contributed by atoms with Crippen molar-refractivity contribution in [2.45, 2.75) is 329 Å². The van der Waals surface area contributed by atoms with Crippen LogP contribution in [-0.2, 0) is 28.6 Å². The summed E-state index contributed by atoms with van der Waals surface area (Å²) in [6, 6.07) is 0. The van der Waals surface area contributed by atoms with Gasteiger partial charge in [0, 0.05) is 19.3 Å². The summed E-state index contributed by atoms with van der Waals surface area (Å²) in [5.41, 5.74) is 0. The predicted octanol–water partition coefficient (Wildman–Crippen LogP) is 22.3. The van der Waals surface area contributed by atoms with Gasteiger partial charge < -0.3 is 14.2 Å². The number of rotatable bonds is 59. The molecule has 0 N–H and O–H groups in total. The van der Waals surface area contributed by atoms with Crippen molar-refractivity contribution < 1.29 is 28.6 Å². The van der Waals surface area contributed by atoms with Gasteiger partial charge in [-0.1, -0.05) is 273 Å². The van der Waals surface area contributed by atoms with Crippen molar-refractivity contribution in [3.05, 3.63) is 85.1 Å². The van der Waals surface area contributed by atoms with Crippen LogP contribution < -0.4 is 0 Å². The minimum absolute atomic E-state index is 0.0826. The average Bonchev–Trinajstić information content (AvgIpc) is 3.42. The van der Waals surface area contributed by atoms with Crippen LogP contribution >= 0.6 is 0 Å². The molecule has 1 atom stereocenters. The first kappa shape index (κ1) is 72.6. The summed E-state index contributed by atoms with van der Waals surface area (Å²) < 4.78 is 16.9. The standard InChI is InChI=1S/C70H122O6/c1-4-7-10-13-16-19-22-25-28-30-31-32-33-34-35-36-37-38-39-40-43-45-48-51-54-57-60-63-69(72)75-66-67(65-74-68(71)62-59-56-53-50-47-44-41-27-24-21-18-15-12-9-6-3)76-70(73)64-61-58-55-52-49-46-42-29-26-23-20-17-14-11-8-5-2/h7,10,16,18-19,21,25,27-29,31-32,41-42,67H,4-6,8-9,11-15,17,20,22-24,26,30,33-40,43-66H2,1-3H3/b10-7-,19-16-,21-18-,28-25-,32-31-,41-27-,42-29-.